The van der Waals surface area contributed by atoms with Gasteiger partial charge < -0.3 is 0 Å². The fourth-order valence-corrected chi connectivity index (χ4v) is 1.58. The van der Waals surface area contributed by atoms with Crippen molar-refractivity contribution in [3.63, 3.8) is 0 Å². The number of fused-ring (bicyclic) bond motifs is 1. The molecule has 1 aromatic heterocycles. The molecule has 0 bridgehead atoms. The number of aromatic nitrogens is 2. The van der Waals surface area contributed by atoms with Gasteiger partial charge in [-0.25, -0.2) is 4.98 Å². The van der Waals surface area contributed by atoms with Gasteiger partial charge in [-0.15, -0.1) is 0 Å². The number of benzene rings is 1. The molecule has 1 aromatic carbocycles. The second kappa shape index (κ2) is 2.99. The molecular formula is C8H4BrClN2. The lowest BCUT2D eigenvalue weighted by Gasteiger charge is -1.97. The Labute approximate surface area is 82.7 Å². The third-order valence-corrected chi connectivity index (χ3v) is 2.31. The van der Waals surface area contributed by atoms with Crippen LogP contribution in [0.3, 0.4) is 0 Å². The summed E-state index contributed by atoms with van der Waals surface area (Å²) in [6.07, 6.45) is 1.54. The number of hydrogen-bond acceptors (Lipinski definition) is 2. The fourth-order valence-electron chi connectivity index (χ4n) is 0.984. The summed E-state index contributed by atoms with van der Waals surface area (Å²) in [6, 6.07) is 5.70. The lowest BCUT2D eigenvalue weighted by molar-refractivity contribution is 1.29. The molecule has 2 nitrogen and oxygen atoms in total. The van der Waals surface area contributed by atoms with E-state index in [-0.39, 0.29) is 0 Å². The van der Waals surface area contributed by atoms with Crippen LogP contribution in [0.25, 0.3) is 11.0 Å². The van der Waals surface area contributed by atoms with Crippen LogP contribution in [-0.4, -0.2) is 9.97 Å². The number of nitrogens with zero attached hydrogens (tertiary/aromatic N) is 2. The standard InChI is InChI=1S/C8H4BrClN2/c9-5-2-1-3-6-8(5)11-4-7(10)12-6/h1-4H. The van der Waals surface area contributed by atoms with Gasteiger partial charge in [0.05, 0.1) is 11.7 Å². The zero-order chi connectivity index (χ0) is 8.55. The first-order chi connectivity index (χ1) is 5.77. The van der Waals surface area contributed by atoms with Crippen molar-refractivity contribution >= 4 is 38.6 Å². The minimum absolute atomic E-state index is 0.417. The van der Waals surface area contributed by atoms with E-state index in [4.69, 9.17) is 11.6 Å². The first-order valence-electron chi connectivity index (χ1n) is 3.34. The SMILES string of the molecule is Clc1cnc2c(Br)cccc2n1. The first kappa shape index (κ1) is 7.95. The molecule has 12 heavy (non-hydrogen) atoms. The van der Waals surface area contributed by atoms with E-state index in [0.29, 0.717) is 5.15 Å². The third kappa shape index (κ3) is 1.30. The van der Waals surface area contributed by atoms with Gasteiger partial charge >= 0.3 is 0 Å². The van der Waals surface area contributed by atoms with Gasteiger partial charge in [-0.3, -0.25) is 4.98 Å². The van der Waals surface area contributed by atoms with Crippen LogP contribution in [0.15, 0.2) is 28.9 Å². The largest absolute Gasteiger partial charge is 0.250 e. The van der Waals surface area contributed by atoms with Crippen LogP contribution < -0.4 is 0 Å². The van der Waals surface area contributed by atoms with Crippen molar-refractivity contribution in [1.29, 1.82) is 0 Å². The topological polar surface area (TPSA) is 25.8 Å². The Hall–Kier alpha value is -0.670. The Morgan fingerprint density at radius 3 is 3.00 bits per heavy atom. The molecule has 0 saturated heterocycles. The Bertz CT molecular complexity index is 430. The van der Waals surface area contributed by atoms with E-state index < -0.39 is 0 Å². The molecule has 0 atom stereocenters. The first-order valence-corrected chi connectivity index (χ1v) is 4.51. The van der Waals surface area contributed by atoms with Gasteiger partial charge in [0.2, 0.25) is 0 Å². The summed E-state index contributed by atoms with van der Waals surface area (Å²) >= 11 is 9.06. The molecular weight excluding hydrogens is 239 g/mol. The summed E-state index contributed by atoms with van der Waals surface area (Å²) in [5, 5.41) is 0.417. The van der Waals surface area contributed by atoms with Crippen LogP contribution in [0.5, 0.6) is 0 Å². The number of rotatable bonds is 0. The average Bonchev–Trinajstić information content (AvgIpc) is 2.04. The highest BCUT2D eigenvalue weighted by atomic mass is 79.9. The maximum Gasteiger partial charge on any atom is 0.148 e. The maximum absolute atomic E-state index is 5.68. The van der Waals surface area contributed by atoms with Crippen LogP contribution in [0.4, 0.5) is 0 Å². The summed E-state index contributed by atoms with van der Waals surface area (Å²) in [6.45, 7) is 0. The molecule has 0 unspecified atom stereocenters. The minimum atomic E-state index is 0.417. The molecule has 0 radical (unpaired) electrons. The second-order valence-electron chi connectivity index (χ2n) is 2.30. The van der Waals surface area contributed by atoms with Crippen LogP contribution in [0.2, 0.25) is 5.15 Å². The van der Waals surface area contributed by atoms with Gasteiger partial charge in [-0.2, -0.15) is 0 Å². The van der Waals surface area contributed by atoms with E-state index >= 15 is 0 Å². The average molecular weight is 243 g/mol. The van der Waals surface area contributed by atoms with E-state index in [9.17, 15) is 0 Å². The molecule has 1 heterocycles. The summed E-state index contributed by atoms with van der Waals surface area (Å²) < 4.78 is 0.934. The van der Waals surface area contributed by atoms with Crippen molar-refractivity contribution in [2.75, 3.05) is 0 Å². The maximum atomic E-state index is 5.68. The highest BCUT2D eigenvalue weighted by Crippen LogP contribution is 2.20. The highest BCUT2D eigenvalue weighted by Gasteiger charge is 2.00. The van der Waals surface area contributed by atoms with Crippen LogP contribution in [-0.2, 0) is 0 Å². The molecule has 0 aliphatic rings. The minimum Gasteiger partial charge on any atom is -0.250 e. The van der Waals surface area contributed by atoms with Crippen LogP contribution in [0, 0.1) is 0 Å². The van der Waals surface area contributed by atoms with E-state index in [1.165, 1.54) is 6.20 Å². The second-order valence-corrected chi connectivity index (χ2v) is 3.54. The van der Waals surface area contributed by atoms with E-state index in [1.807, 2.05) is 18.2 Å². The molecule has 0 aliphatic carbocycles. The van der Waals surface area contributed by atoms with Crippen molar-refractivity contribution in [3.8, 4) is 0 Å². The molecule has 60 valence electrons. The Morgan fingerprint density at radius 1 is 1.33 bits per heavy atom. The van der Waals surface area contributed by atoms with Crippen molar-refractivity contribution in [2.45, 2.75) is 0 Å². The molecule has 0 fully saturated rings. The summed E-state index contributed by atoms with van der Waals surface area (Å²) in [5.41, 5.74) is 1.64. The van der Waals surface area contributed by atoms with Gasteiger partial charge in [0.15, 0.2) is 0 Å². The molecule has 0 spiro atoms. The number of para-hydroxylation sites is 1. The molecule has 0 saturated carbocycles. The predicted octanol–water partition coefficient (Wildman–Crippen LogP) is 3.05. The molecule has 0 N–H and O–H groups in total. The quantitative estimate of drug-likeness (QED) is 0.711. The lowest BCUT2D eigenvalue weighted by atomic mass is 10.3. The predicted molar refractivity (Wildman–Crippen MR) is 52.2 cm³/mol. The third-order valence-electron chi connectivity index (χ3n) is 1.49. The Kier molecular flexibility index (Phi) is 1.98. The van der Waals surface area contributed by atoms with Gasteiger partial charge in [-0.05, 0) is 28.1 Å². The lowest BCUT2D eigenvalue weighted by Crippen LogP contribution is -1.84. The monoisotopic (exact) mass is 242 g/mol. The molecule has 2 rings (SSSR count). The van der Waals surface area contributed by atoms with Crippen molar-refractivity contribution in [3.05, 3.63) is 34.0 Å². The zero-order valence-corrected chi connectivity index (χ0v) is 8.30. The van der Waals surface area contributed by atoms with Gasteiger partial charge in [-0.1, -0.05) is 17.7 Å². The van der Waals surface area contributed by atoms with E-state index in [0.717, 1.165) is 15.5 Å². The molecule has 4 heteroatoms. The normalized spacial score (nSPS) is 10.5. The summed E-state index contributed by atoms with van der Waals surface area (Å²) in [7, 11) is 0. The molecule has 0 aliphatic heterocycles. The molecule has 0 amide bonds. The van der Waals surface area contributed by atoms with Crippen molar-refractivity contribution in [2.24, 2.45) is 0 Å². The highest BCUT2D eigenvalue weighted by molar-refractivity contribution is 9.10. The van der Waals surface area contributed by atoms with Gasteiger partial charge in [0, 0.05) is 4.47 Å². The summed E-state index contributed by atoms with van der Waals surface area (Å²) in [5.74, 6) is 0. The Morgan fingerprint density at radius 2 is 2.17 bits per heavy atom. The summed E-state index contributed by atoms with van der Waals surface area (Å²) in [4.78, 5) is 8.25. The van der Waals surface area contributed by atoms with E-state index in [1.54, 1.807) is 0 Å². The van der Waals surface area contributed by atoms with Crippen LogP contribution in [0.1, 0.15) is 0 Å². The number of halogens is 2. The number of hydrogen-bond donors (Lipinski definition) is 0. The van der Waals surface area contributed by atoms with Crippen LogP contribution >= 0.6 is 27.5 Å². The van der Waals surface area contributed by atoms with Crippen molar-refractivity contribution < 1.29 is 0 Å². The smallest absolute Gasteiger partial charge is 0.148 e. The fraction of sp³-hybridized carbons (Fsp3) is 0. The Balaban J connectivity index is 2.86. The molecule has 2 aromatic rings. The van der Waals surface area contributed by atoms with Gasteiger partial charge in [0.1, 0.15) is 10.7 Å². The zero-order valence-electron chi connectivity index (χ0n) is 5.96. The van der Waals surface area contributed by atoms with E-state index in [2.05, 4.69) is 25.9 Å². The van der Waals surface area contributed by atoms with Crippen molar-refractivity contribution in [1.82, 2.24) is 9.97 Å². The van der Waals surface area contributed by atoms with Gasteiger partial charge in [0.25, 0.3) is 0 Å².